The quantitative estimate of drug-likeness (QED) is 0.447. The van der Waals surface area contributed by atoms with Crippen LogP contribution in [-0.4, -0.2) is 32.2 Å². The predicted octanol–water partition coefficient (Wildman–Crippen LogP) is 2.26. The molecule has 142 valence electrons. The molecule has 27 heavy (non-hydrogen) atoms. The second-order valence-electron chi connectivity index (χ2n) is 5.19. The molecule has 2 rings (SSSR count). The Kier molecular flexibility index (Phi) is 7.13. The molecule has 0 aliphatic carbocycles. The molecule has 9 heteroatoms. The van der Waals surface area contributed by atoms with E-state index in [4.69, 9.17) is 21.1 Å². The number of carbonyl (C=O) groups excluding carboxylic acids is 2. The normalized spacial score (nSPS) is 10.5. The molecule has 2 N–H and O–H groups in total. The number of nitrogens with zero attached hydrogens (tertiary/aromatic N) is 1. The second-order valence-corrected chi connectivity index (χ2v) is 5.60. The number of rotatable bonds is 6. The Morgan fingerprint density at radius 1 is 1.26 bits per heavy atom. The van der Waals surface area contributed by atoms with Gasteiger partial charge in [0.25, 0.3) is 0 Å². The van der Waals surface area contributed by atoms with E-state index in [0.29, 0.717) is 16.9 Å². The van der Waals surface area contributed by atoms with Gasteiger partial charge in [0, 0.05) is 12.6 Å². The van der Waals surface area contributed by atoms with Crippen LogP contribution in [0.1, 0.15) is 11.1 Å². The van der Waals surface area contributed by atoms with Crippen LogP contribution < -0.4 is 20.2 Å². The topological polar surface area (TPSA) is 89.0 Å². The Balaban J connectivity index is 2.13. The van der Waals surface area contributed by atoms with Crippen LogP contribution >= 0.6 is 11.6 Å². The van der Waals surface area contributed by atoms with E-state index in [1.54, 1.807) is 24.3 Å². The summed E-state index contributed by atoms with van der Waals surface area (Å²) in [5.74, 6) is -1.56. The van der Waals surface area contributed by atoms with Gasteiger partial charge < -0.3 is 14.8 Å². The summed E-state index contributed by atoms with van der Waals surface area (Å²) < 4.78 is 24.6. The molecule has 0 aliphatic rings. The van der Waals surface area contributed by atoms with Crippen molar-refractivity contribution in [3.63, 3.8) is 0 Å². The lowest BCUT2D eigenvalue weighted by Gasteiger charge is -2.13. The summed E-state index contributed by atoms with van der Waals surface area (Å²) in [4.78, 5) is 22.4. The van der Waals surface area contributed by atoms with Gasteiger partial charge in [-0.15, -0.1) is 0 Å². The van der Waals surface area contributed by atoms with Gasteiger partial charge in [0.2, 0.25) is 0 Å². The van der Waals surface area contributed by atoms with Gasteiger partial charge in [0.05, 0.1) is 18.3 Å². The van der Waals surface area contributed by atoms with Crippen molar-refractivity contribution in [2.75, 3.05) is 14.2 Å². The molecule has 0 atom stereocenters. The molecule has 0 heterocycles. The predicted molar refractivity (Wildman–Crippen MR) is 98.5 cm³/mol. The number of hydrogen-bond donors (Lipinski definition) is 2. The summed E-state index contributed by atoms with van der Waals surface area (Å²) in [7, 11) is 2.76. The third kappa shape index (κ3) is 5.42. The van der Waals surface area contributed by atoms with Crippen molar-refractivity contribution in [1.82, 2.24) is 10.7 Å². The van der Waals surface area contributed by atoms with E-state index in [9.17, 15) is 14.0 Å². The van der Waals surface area contributed by atoms with Crippen molar-refractivity contribution in [3.05, 3.63) is 58.4 Å². The highest BCUT2D eigenvalue weighted by Crippen LogP contribution is 2.36. The van der Waals surface area contributed by atoms with Crippen molar-refractivity contribution in [3.8, 4) is 11.5 Å². The number of methoxy groups -OCH3 is 1. The molecule has 7 nitrogen and oxygen atoms in total. The van der Waals surface area contributed by atoms with Crippen molar-refractivity contribution >= 4 is 29.6 Å². The Bertz CT molecular complexity index is 874. The molecule has 0 aromatic heterocycles. The van der Waals surface area contributed by atoms with Crippen LogP contribution in [0.2, 0.25) is 5.02 Å². The fourth-order valence-corrected chi connectivity index (χ4v) is 2.32. The number of likely N-dealkylation sites (N-methyl/N-ethyl adjacent to an activating group) is 1. The molecular weight excluding hydrogens is 377 g/mol. The Morgan fingerprint density at radius 2 is 2.00 bits per heavy atom. The largest absolute Gasteiger partial charge is 0.493 e. The zero-order valence-corrected chi connectivity index (χ0v) is 15.3. The van der Waals surface area contributed by atoms with Crippen LogP contribution in [0.15, 0.2) is 41.5 Å². The maximum atomic E-state index is 13.7. The Hall–Kier alpha value is -3.13. The van der Waals surface area contributed by atoms with Crippen molar-refractivity contribution < 1.29 is 23.5 Å². The van der Waals surface area contributed by atoms with Gasteiger partial charge in [-0.2, -0.15) is 5.10 Å². The lowest BCUT2D eigenvalue weighted by molar-refractivity contribution is -0.138. The number of hydrogen-bond acceptors (Lipinski definition) is 5. The molecule has 0 aliphatic heterocycles. The molecule has 0 unspecified atom stereocenters. The Morgan fingerprint density at radius 3 is 2.67 bits per heavy atom. The van der Waals surface area contributed by atoms with E-state index in [2.05, 4.69) is 15.8 Å². The standard InChI is InChI=1S/C18H17ClFN3O4/c1-21-17(24)18(25)23-22-9-11-7-13(19)16(15(8-11)26-2)27-10-12-5-3-4-6-14(12)20/h3-9H,10H2,1-2H3,(H,21,24)(H,23,25)/b22-9-. The number of hydrazone groups is 1. The van der Waals surface area contributed by atoms with Crippen LogP contribution in [0.3, 0.4) is 0 Å². The van der Waals surface area contributed by atoms with Gasteiger partial charge in [0.15, 0.2) is 11.5 Å². The van der Waals surface area contributed by atoms with Crippen LogP contribution in [0.4, 0.5) is 4.39 Å². The smallest absolute Gasteiger partial charge is 0.329 e. The number of nitrogens with one attached hydrogen (secondary N) is 2. The summed E-state index contributed by atoms with van der Waals surface area (Å²) in [6.07, 6.45) is 1.29. The first-order chi connectivity index (χ1) is 13.0. The molecule has 2 aromatic carbocycles. The minimum absolute atomic E-state index is 0.0294. The highest BCUT2D eigenvalue weighted by Gasteiger charge is 2.13. The summed E-state index contributed by atoms with van der Waals surface area (Å²) in [5.41, 5.74) is 2.93. The minimum Gasteiger partial charge on any atom is -0.493 e. The van der Waals surface area contributed by atoms with Gasteiger partial charge in [-0.3, -0.25) is 9.59 Å². The molecule has 2 aromatic rings. The van der Waals surface area contributed by atoms with Gasteiger partial charge in [-0.25, -0.2) is 9.82 Å². The van der Waals surface area contributed by atoms with Crippen LogP contribution in [-0.2, 0) is 16.2 Å². The third-order valence-corrected chi connectivity index (χ3v) is 3.68. The van der Waals surface area contributed by atoms with Gasteiger partial charge in [-0.1, -0.05) is 29.8 Å². The lowest BCUT2D eigenvalue weighted by atomic mass is 10.2. The van der Waals surface area contributed by atoms with Crippen molar-refractivity contribution in [2.24, 2.45) is 5.10 Å². The lowest BCUT2D eigenvalue weighted by Crippen LogP contribution is -2.35. The maximum Gasteiger partial charge on any atom is 0.329 e. The van der Waals surface area contributed by atoms with Crippen LogP contribution in [0.5, 0.6) is 11.5 Å². The number of carbonyl (C=O) groups is 2. The third-order valence-electron chi connectivity index (χ3n) is 3.39. The first kappa shape index (κ1) is 20.2. The molecular formula is C18H17ClFN3O4. The second kappa shape index (κ2) is 9.54. The van der Waals surface area contributed by atoms with E-state index in [0.717, 1.165) is 0 Å². The van der Waals surface area contributed by atoms with Crippen LogP contribution in [0, 0.1) is 5.82 Å². The first-order valence-electron chi connectivity index (χ1n) is 7.75. The van der Waals surface area contributed by atoms with E-state index in [1.807, 2.05) is 0 Å². The SMILES string of the molecule is CNC(=O)C(=O)N/N=C\c1cc(Cl)c(OCc2ccccc2F)c(OC)c1. The van der Waals surface area contributed by atoms with Gasteiger partial charge in [0.1, 0.15) is 12.4 Å². The highest BCUT2D eigenvalue weighted by molar-refractivity contribution is 6.35. The first-order valence-corrected chi connectivity index (χ1v) is 8.13. The van der Waals surface area contributed by atoms with Gasteiger partial charge in [-0.05, 0) is 23.8 Å². The summed E-state index contributed by atoms with van der Waals surface area (Å²) in [6, 6.07) is 9.32. The fraction of sp³-hybridized carbons (Fsp3) is 0.167. The summed E-state index contributed by atoms with van der Waals surface area (Å²) in [6.45, 7) is -0.0294. The number of ether oxygens (including phenoxy) is 2. The molecule has 0 spiro atoms. The zero-order valence-electron chi connectivity index (χ0n) is 14.6. The zero-order chi connectivity index (χ0) is 19.8. The number of benzene rings is 2. The Labute approximate surface area is 160 Å². The summed E-state index contributed by atoms with van der Waals surface area (Å²) >= 11 is 6.22. The molecule has 0 saturated heterocycles. The summed E-state index contributed by atoms with van der Waals surface area (Å²) in [5, 5.41) is 6.06. The number of halogens is 2. The average Bonchev–Trinajstić information content (AvgIpc) is 2.67. The van der Waals surface area contributed by atoms with E-state index in [-0.39, 0.29) is 23.2 Å². The molecule has 0 bridgehead atoms. The average molecular weight is 394 g/mol. The molecule has 0 saturated carbocycles. The van der Waals surface area contributed by atoms with E-state index < -0.39 is 11.8 Å². The maximum absolute atomic E-state index is 13.7. The molecule has 0 radical (unpaired) electrons. The van der Waals surface area contributed by atoms with E-state index in [1.165, 1.54) is 32.5 Å². The van der Waals surface area contributed by atoms with Crippen molar-refractivity contribution in [1.29, 1.82) is 0 Å². The fourth-order valence-electron chi connectivity index (χ4n) is 2.05. The van der Waals surface area contributed by atoms with Crippen molar-refractivity contribution in [2.45, 2.75) is 6.61 Å². The monoisotopic (exact) mass is 393 g/mol. The molecule has 0 fully saturated rings. The van der Waals surface area contributed by atoms with E-state index >= 15 is 0 Å². The van der Waals surface area contributed by atoms with Gasteiger partial charge >= 0.3 is 11.8 Å². The molecule has 2 amide bonds. The van der Waals surface area contributed by atoms with Crippen LogP contribution in [0.25, 0.3) is 0 Å². The number of amides is 2. The highest BCUT2D eigenvalue weighted by atomic mass is 35.5. The minimum atomic E-state index is -0.906.